The smallest absolute Gasteiger partial charge is 0.231 e. The van der Waals surface area contributed by atoms with Gasteiger partial charge in [0.05, 0.1) is 6.42 Å². The van der Waals surface area contributed by atoms with Gasteiger partial charge in [0, 0.05) is 12.5 Å². The SMILES string of the molecule is CNC(C)Cc1noc(Cc2ccc(-c3ccccc3)cc2)n1.Cl. The molecule has 1 aromatic heterocycles. The Morgan fingerprint density at radius 2 is 1.67 bits per heavy atom. The van der Waals surface area contributed by atoms with E-state index in [9.17, 15) is 0 Å². The minimum Gasteiger partial charge on any atom is -0.339 e. The fraction of sp³-hybridized carbons (Fsp3) is 0.263. The van der Waals surface area contributed by atoms with E-state index in [1.807, 2.05) is 13.1 Å². The Kier molecular flexibility index (Phi) is 6.53. The van der Waals surface area contributed by atoms with Crippen molar-refractivity contribution in [2.45, 2.75) is 25.8 Å². The maximum absolute atomic E-state index is 5.34. The Labute approximate surface area is 148 Å². The molecular weight excluding hydrogens is 322 g/mol. The first-order valence-corrected chi connectivity index (χ1v) is 7.87. The van der Waals surface area contributed by atoms with Gasteiger partial charge in [0.1, 0.15) is 0 Å². The molecule has 0 spiro atoms. The van der Waals surface area contributed by atoms with E-state index < -0.39 is 0 Å². The van der Waals surface area contributed by atoms with Crippen molar-refractivity contribution in [3.63, 3.8) is 0 Å². The van der Waals surface area contributed by atoms with Crippen LogP contribution in [0.1, 0.15) is 24.2 Å². The van der Waals surface area contributed by atoms with E-state index >= 15 is 0 Å². The molecule has 3 rings (SSSR count). The molecule has 126 valence electrons. The summed E-state index contributed by atoms with van der Waals surface area (Å²) in [5, 5.41) is 7.21. The maximum atomic E-state index is 5.34. The Balaban J connectivity index is 0.00000208. The molecule has 0 aliphatic rings. The summed E-state index contributed by atoms with van der Waals surface area (Å²) in [4.78, 5) is 4.46. The van der Waals surface area contributed by atoms with Crippen LogP contribution in [0.3, 0.4) is 0 Å². The first kappa shape index (κ1) is 18.2. The van der Waals surface area contributed by atoms with Crippen LogP contribution in [-0.2, 0) is 12.8 Å². The molecule has 0 radical (unpaired) electrons. The van der Waals surface area contributed by atoms with Crippen LogP contribution in [-0.4, -0.2) is 23.2 Å². The summed E-state index contributed by atoms with van der Waals surface area (Å²) in [6.07, 6.45) is 1.43. The zero-order valence-electron chi connectivity index (χ0n) is 13.9. The van der Waals surface area contributed by atoms with Crippen molar-refractivity contribution in [1.82, 2.24) is 15.5 Å². The standard InChI is InChI=1S/C19H21N3O.ClH/c1-14(20-2)12-18-21-19(23-22-18)13-15-8-10-17(11-9-15)16-6-4-3-5-7-16;/h3-11,14,20H,12-13H2,1-2H3;1H. The Morgan fingerprint density at radius 1 is 1.00 bits per heavy atom. The van der Waals surface area contributed by atoms with E-state index in [4.69, 9.17) is 4.52 Å². The fourth-order valence-corrected chi connectivity index (χ4v) is 2.44. The van der Waals surface area contributed by atoms with Crippen LogP contribution in [0.5, 0.6) is 0 Å². The molecule has 0 aliphatic heterocycles. The average molecular weight is 344 g/mol. The summed E-state index contributed by atoms with van der Waals surface area (Å²) in [5.41, 5.74) is 3.60. The largest absolute Gasteiger partial charge is 0.339 e. The van der Waals surface area contributed by atoms with Crippen LogP contribution in [0.25, 0.3) is 11.1 Å². The zero-order valence-corrected chi connectivity index (χ0v) is 14.7. The zero-order chi connectivity index (χ0) is 16.1. The molecule has 0 aliphatic carbocycles. The molecule has 5 heteroatoms. The lowest BCUT2D eigenvalue weighted by atomic mass is 10.0. The molecule has 4 nitrogen and oxygen atoms in total. The van der Waals surface area contributed by atoms with Crippen LogP contribution in [0.15, 0.2) is 59.1 Å². The fourth-order valence-electron chi connectivity index (χ4n) is 2.44. The first-order valence-electron chi connectivity index (χ1n) is 7.87. The highest BCUT2D eigenvalue weighted by atomic mass is 35.5. The third kappa shape index (κ3) is 4.66. The van der Waals surface area contributed by atoms with Gasteiger partial charge in [0.25, 0.3) is 0 Å². The van der Waals surface area contributed by atoms with Crippen molar-refractivity contribution < 1.29 is 4.52 Å². The normalized spacial score (nSPS) is 11.8. The topological polar surface area (TPSA) is 51.0 Å². The van der Waals surface area contributed by atoms with Gasteiger partial charge in [0.15, 0.2) is 5.82 Å². The molecular formula is C19H22ClN3O. The van der Waals surface area contributed by atoms with Gasteiger partial charge < -0.3 is 9.84 Å². The van der Waals surface area contributed by atoms with Gasteiger partial charge >= 0.3 is 0 Å². The lowest BCUT2D eigenvalue weighted by Crippen LogP contribution is -2.24. The van der Waals surface area contributed by atoms with Gasteiger partial charge in [-0.1, -0.05) is 59.8 Å². The number of aromatic nitrogens is 2. The van der Waals surface area contributed by atoms with Crippen LogP contribution in [0, 0.1) is 0 Å². The van der Waals surface area contributed by atoms with E-state index in [1.54, 1.807) is 0 Å². The molecule has 1 atom stereocenters. The number of likely N-dealkylation sites (N-methyl/N-ethyl adjacent to an activating group) is 1. The number of rotatable bonds is 6. The molecule has 0 saturated heterocycles. The second-order valence-corrected chi connectivity index (χ2v) is 5.74. The lowest BCUT2D eigenvalue weighted by Gasteiger charge is -2.04. The Morgan fingerprint density at radius 3 is 2.33 bits per heavy atom. The van der Waals surface area contributed by atoms with E-state index in [2.05, 4.69) is 70.9 Å². The van der Waals surface area contributed by atoms with Gasteiger partial charge in [0.2, 0.25) is 5.89 Å². The molecule has 1 heterocycles. The number of hydrogen-bond acceptors (Lipinski definition) is 4. The van der Waals surface area contributed by atoms with Gasteiger partial charge in [-0.15, -0.1) is 12.4 Å². The van der Waals surface area contributed by atoms with Gasteiger partial charge in [-0.3, -0.25) is 0 Å². The molecule has 3 aromatic rings. The molecule has 0 bridgehead atoms. The van der Waals surface area contributed by atoms with Crippen LogP contribution >= 0.6 is 12.4 Å². The lowest BCUT2D eigenvalue weighted by molar-refractivity contribution is 0.377. The van der Waals surface area contributed by atoms with E-state index in [1.165, 1.54) is 16.7 Å². The molecule has 0 saturated carbocycles. The Bertz CT molecular complexity index is 741. The van der Waals surface area contributed by atoms with Crippen molar-refractivity contribution in [2.75, 3.05) is 7.05 Å². The van der Waals surface area contributed by atoms with Gasteiger partial charge in [-0.25, -0.2) is 0 Å². The Hall–Kier alpha value is -2.17. The summed E-state index contributed by atoms with van der Waals surface area (Å²) in [6, 6.07) is 19.2. The summed E-state index contributed by atoms with van der Waals surface area (Å²) < 4.78 is 5.34. The van der Waals surface area contributed by atoms with Crippen LogP contribution in [0.2, 0.25) is 0 Å². The highest BCUT2D eigenvalue weighted by Crippen LogP contribution is 2.20. The van der Waals surface area contributed by atoms with Crippen molar-refractivity contribution in [1.29, 1.82) is 0 Å². The summed E-state index contributed by atoms with van der Waals surface area (Å²) in [5.74, 6) is 1.42. The number of hydrogen-bond donors (Lipinski definition) is 1. The highest BCUT2D eigenvalue weighted by molar-refractivity contribution is 5.85. The molecule has 1 unspecified atom stereocenters. The third-order valence-corrected chi connectivity index (χ3v) is 3.91. The predicted molar refractivity (Wildman–Crippen MR) is 98.5 cm³/mol. The van der Waals surface area contributed by atoms with Crippen LogP contribution < -0.4 is 5.32 Å². The quantitative estimate of drug-likeness (QED) is 0.737. The number of benzene rings is 2. The maximum Gasteiger partial charge on any atom is 0.231 e. The van der Waals surface area contributed by atoms with Crippen LogP contribution in [0.4, 0.5) is 0 Å². The molecule has 1 N–H and O–H groups in total. The molecule has 2 aromatic carbocycles. The molecule has 0 amide bonds. The van der Waals surface area contributed by atoms with E-state index in [-0.39, 0.29) is 12.4 Å². The van der Waals surface area contributed by atoms with E-state index in [0.717, 1.165) is 12.2 Å². The number of nitrogens with one attached hydrogen (secondary N) is 1. The third-order valence-electron chi connectivity index (χ3n) is 3.91. The minimum absolute atomic E-state index is 0. The minimum atomic E-state index is 0. The summed E-state index contributed by atoms with van der Waals surface area (Å²) in [6.45, 7) is 2.10. The highest BCUT2D eigenvalue weighted by Gasteiger charge is 2.10. The van der Waals surface area contributed by atoms with Crippen molar-refractivity contribution in [2.24, 2.45) is 0 Å². The van der Waals surface area contributed by atoms with Crippen molar-refractivity contribution >= 4 is 12.4 Å². The summed E-state index contributed by atoms with van der Waals surface area (Å²) >= 11 is 0. The summed E-state index contributed by atoms with van der Waals surface area (Å²) in [7, 11) is 1.93. The second-order valence-electron chi connectivity index (χ2n) is 5.74. The second kappa shape index (κ2) is 8.62. The van der Waals surface area contributed by atoms with Crippen molar-refractivity contribution in [3.05, 3.63) is 71.9 Å². The van der Waals surface area contributed by atoms with Gasteiger partial charge in [-0.05, 0) is 30.7 Å². The first-order chi connectivity index (χ1) is 11.2. The monoisotopic (exact) mass is 343 g/mol. The number of halogens is 1. The number of nitrogens with zero attached hydrogens (tertiary/aromatic N) is 2. The predicted octanol–water partition coefficient (Wildman–Crippen LogP) is 3.90. The average Bonchev–Trinajstić information content (AvgIpc) is 3.03. The van der Waals surface area contributed by atoms with Gasteiger partial charge in [-0.2, -0.15) is 4.98 Å². The van der Waals surface area contributed by atoms with E-state index in [0.29, 0.717) is 18.4 Å². The molecule has 0 fully saturated rings. The molecule has 24 heavy (non-hydrogen) atoms. The van der Waals surface area contributed by atoms with Crippen molar-refractivity contribution in [3.8, 4) is 11.1 Å².